The molecule has 0 saturated carbocycles. The Bertz CT molecular complexity index is 3050. The predicted molar refractivity (Wildman–Crippen MR) is 240 cm³/mol. The smallest absolute Gasteiger partial charge is 0.0540 e. The lowest BCUT2D eigenvalue weighted by Gasteiger charge is -2.30. The quantitative estimate of drug-likeness (QED) is 0.170. The van der Waals surface area contributed by atoms with Crippen molar-refractivity contribution >= 4 is 48.6 Å². The number of rotatable bonds is 5. The van der Waals surface area contributed by atoms with Gasteiger partial charge in [0.2, 0.25) is 0 Å². The summed E-state index contributed by atoms with van der Waals surface area (Å²) < 4.78 is 2.65. The first-order valence-electron chi connectivity index (χ1n) is 19.7. The molecule has 0 unspecified atom stereocenters. The average Bonchev–Trinajstić information content (AvgIpc) is 3.81. The number of hydrogen-bond donors (Lipinski definition) is 0. The Morgan fingerprint density at radius 1 is 0.393 bits per heavy atom. The molecule has 0 saturated heterocycles. The van der Waals surface area contributed by atoms with Gasteiger partial charge < -0.3 is 4.90 Å². The standard InChI is InChI=1S/C54H41NS/c1-53(2)46-26-10-6-21-44(46)51-42(23-15-27-47(51)53)40-19-7-11-28-49(40)55(36-30-31-39-38-18-5-9-25-45(38)54(3,4)48(39)33-36)35-17-13-16-34(32-35)37-22-14-24-43-41-20-8-12-29-50(41)56-52(37)43/h5-33H,1-4H3. The third-order valence-corrected chi connectivity index (χ3v) is 13.9. The molecule has 2 heteroatoms. The van der Waals surface area contributed by atoms with Crippen LogP contribution in [0.1, 0.15) is 49.9 Å². The predicted octanol–water partition coefficient (Wildman–Crippen LogP) is 15.5. The Labute approximate surface area is 333 Å². The third kappa shape index (κ3) is 4.72. The summed E-state index contributed by atoms with van der Waals surface area (Å²) in [5.74, 6) is 0. The van der Waals surface area contributed by atoms with Gasteiger partial charge in [0.15, 0.2) is 0 Å². The van der Waals surface area contributed by atoms with Crippen LogP contribution in [-0.2, 0) is 10.8 Å². The maximum absolute atomic E-state index is 2.51. The van der Waals surface area contributed by atoms with Gasteiger partial charge in [0.05, 0.1) is 5.69 Å². The Morgan fingerprint density at radius 2 is 0.964 bits per heavy atom. The van der Waals surface area contributed by atoms with Gasteiger partial charge in [-0.3, -0.25) is 0 Å². The summed E-state index contributed by atoms with van der Waals surface area (Å²) in [6, 6.07) is 65.8. The van der Waals surface area contributed by atoms with E-state index in [1.165, 1.54) is 86.9 Å². The molecule has 2 aliphatic carbocycles. The number of hydrogen-bond acceptors (Lipinski definition) is 2. The van der Waals surface area contributed by atoms with Crippen molar-refractivity contribution in [3.63, 3.8) is 0 Å². The van der Waals surface area contributed by atoms with E-state index in [0.29, 0.717) is 0 Å². The molecule has 0 amide bonds. The van der Waals surface area contributed by atoms with Crippen LogP contribution in [-0.4, -0.2) is 0 Å². The Kier molecular flexibility index (Phi) is 7.18. The van der Waals surface area contributed by atoms with Gasteiger partial charge >= 0.3 is 0 Å². The Balaban J connectivity index is 1.15. The first kappa shape index (κ1) is 33.1. The Morgan fingerprint density at radius 3 is 1.82 bits per heavy atom. The molecule has 0 atom stereocenters. The van der Waals surface area contributed by atoms with Gasteiger partial charge in [-0.25, -0.2) is 0 Å². The number of thiophene rings is 1. The summed E-state index contributed by atoms with van der Waals surface area (Å²) in [5.41, 5.74) is 19.1. The summed E-state index contributed by atoms with van der Waals surface area (Å²) in [4.78, 5) is 2.51. The van der Waals surface area contributed by atoms with Crippen molar-refractivity contribution in [1.82, 2.24) is 0 Å². The van der Waals surface area contributed by atoms with Crippen LogP contribution in [0.2, 0.25) is 0 Å². The van der Waals surface area contributed by atoms with E-state index in [2.05, 4.69) is 209 Å². The fourth-order valence-electron chi connectivity index (χ4n) is 9.92. The van der Waals surface area contributed by atoms with E-state index in [9.17, 15) is 0 Å². The number of anilines is 3. The topological polar surface area (TPSA) is 3.24 Å². The third-order valence-electron chi connectivity index (χ3n) is 12.7. The first-order chi connectivity index (χ1) is 27.3. The zero-order valence-electron chi connectivity index (χ0n) is 32.1. The van der Waals surface area contributed by atoms with E-state index in [1.807, 2.05) is 11.3 Å². The van der Waals surface area contributed by atoms with Crippen LogP contribution in [0.25, 0.3) is 64.7 Å². The normalized spacial score (nSPS) is 14.4. The second-order valence-electron chi connectivity index (χ2n) is 16.5. The summed E-state index contributed by atoms with van der Waals surface area (Å²) in [7, 11) is 0. The molecule has 0 radical (unpaired) electrons. The molecule has 11 rings (SSSR count). The largest absolute Gasteiger partial charge is 0.310 e. The SMILES string of the molecule is CC1(C)c2ccccc2-c2ccc(N(c3cccc(-c4cccc5c4sc4ccccc45)c3)c3ccccc3-c3cccc4c3-c3ccccc3C4(C)C)cc21. The van der Waals surface area contributed by atoms with E-state index in [1.54, 1.807) is 0 Å². The Hall–Kier alpha value is -6.22. The van der Waals surface area contributed by atoms with Gasteiger partial charge in [-0.05, 0) is 97.6 Å². The number of fused-ring (bicyclic) bond motifs is 9. The van der Waals surface area contributed by atoms with Gasteiger partial charge in [0.1, 0.15) is 0 Å². The van der Waals surface area contributed by atoms with Crippen LogP contribution in [0, 0.1) is 0 Å². The van der Waals surface area contributed by atoms with Gasteiger partial charge in [-0.15, -0.1) is 11.3 Å². The van der Waals surface area contributed by atoms with Gasteiger partial charge in [-0.1, -0.05) is 167 Å². The number of nitrogens with zero attached hydrogens (tertiary/aromatic N) is 1. The summed E-state index contributed by atoms with van der Waals surface area (Å²) >= 11 is 1.89. The van der Waals surface area contributed by atoms with Gasteiger partial charge in [0.25, 0.3) is 0 Å². The van der Waals surface area contributed by atoms with Crippen molar-refractivity contribution in [1.29, 1.82) is 0 Å². The highest BCUT2D eigenvalue weighted by Crippen LogP contribution is 2.55. The summed E-state index contributed by atoms with van der Waals surface area (Å²) in [6.07, 6.45) is 0. The van der Waals surface area contributed by atoms with Crippen LogP contribution in [0.3, 0.4) is 0 Å². The molecule has 0 aliphatic heterocycles. The fourth-order valence-corrected chi connectivity index (χ4v) is 11.2. The minimum absolute atomic E-state index is 0.0842. The second-order valence-corrected chi connectivity index (χ2v) is 17.5. The molecule has 0 fully saturated rings. The molecule has 1 aromatic heterocycles. The summed E-state index contributed by atoms with van der Waals surface area (Å²) in [6.45, 7) is 9.48. The zero-order chi connectivity index (χ0) is 37.8. The molecule has 8 aromatic carbocycles. The van der Waals surface area contributed by atoms with Gasteiger partial charge in [0, 0.05) is 47.9 Å². The van der Waals surface area contributed by atoms with Crippen LogP contribution in [0.4, 0.5) is 17.1 Å². The van der Waals surface area contributed by atoms with Crippen molar-refractivity contribution in [2.75, 3.05) is 4.90 Å². The first-order valence-corrected chi connectivity index (χ1v) is 20.5. The maximum Gasteiger partial charge on any atom is 0.0540 e. The van der Waals surface area contributed by atoms with E-state index in [-0.39, 0.29) is 10.8 Å². The molecule has 0 bridgehead atoms. The van der Waals surface area contributed by atoms with Crippen LogP contribution >= 0.6 is 11.3 Å². The molecule has 0 N–H and O–H groups in total. The molecule has 1 heterocycles. The van der Waals surface area contributed by atoms with E-state index < -0.39 is 0 Å². The van der Waals surface area contributed by atoms with Crippen molar-refractivity contribution in [3.05, 3.63) is 198 Å². The molecule has 268 valence electrons. The highest BCUT2D eigenvalue weighted by Gasteiger charge is 2.38. The number of para-hydroxylation sites is 1. The second kappa shape index (κ2) is 12.1. The molecular weight excluding hydrogens is 695 g/mol. The minimum atomic E-state index is -0.124. The lowest BCUT2D eigenvalue weighted by atomic mass is 9.82. The highest BCUT2D eigenvalue weighted by molar-refractivity contribution is 7.26. The summed E-state index contributed by atoms with van der Waals surface area (Å²) in [5, 5.41) is 2.64. The van der Waals surface area contributed by atoms with Crippen molar-refractivity contribution in [3.8, 4) is 44.5 Å². The number of benzene rings is 8. The maximum atomic E-state index is 2.51. The van der Waals surface area contributed by atoms with Crippen LogP contribution in [0.5, 0.6) is 0 Å². The lowest BCUT2D eigenvalue weighted by molar-refractivity contribution is 0.660. The molecular formula is C54H41NS. The van der Waals surface area contributed by atoms with E-state index in [4.69, 9.17) is 0 Å². The van der Waals surface area contributed by atoms with Crippen molar-refractivity contribution < 1.29 is 0 Å². The zero-order valence-corrected chi connectivity index (χ0v) is 32.9. The molecule has 1 nitrogen and oxygen atoms in total. The molecule has 9 aromatic rings. The molecule has 2 aliphatic rings. The molecule has 0 spiro atoms. The van der Waals surface area contributed by atoms with E-state index >= 15 is 0 Å². The fraction of sp³-hybridized carbons (Fsp3) is 0.111. The highest BCUT2D eigenvalue weighted by atomic mass is 32.1. The van der Waals surface area contributed by atoms with E-state index in [0.717, 1.165) is 17.1 Å². The van der Waals surface area contributed by atoms with Crippen LogP contribution in [0.15, 0.2) is 176 Å². The molecule has 56 heavy (non-hydrogen) atoms. The van der Waals surface area contributed by atoms with Gasteiger partial charge in [-0.2, -0.15) is 0 Å². The lowest BCUT2D eigenvalue weighted by Crippen LogP contribution is -2.17. The monoisotopic (exact) mass is 735 g/mol. The minimum Gasteiger partial charge on any atom is -0.310 e. The van der Waals surface area contributed by atoms with Crippen molar-refractivity contribution in [2.24, 2.45) is 0 Å². The average molecular weight is 736 g/mol. The van der Waals surface area contributed by atoms with Crippen LogP contribution < -0.4 is 4.90 Å². The van der Waals surface area contributed by atoms with Crippen molar-refractivity contribution in [2.45, 2.75) is 38.5 Å².